The summed E-state index contributed by atoms with van der Waals surface area (Å²) in [6.07, 6.45) is 0. The van der Waals surface area contributed by atoms with Gasteiger partial charge in [0.05, 0.1) is 4.47 Å². The maximum atomic E-state index is 13.3. The van der Waals surface area contributed by atoms with Crippen molar-refractivity contribution >= 4 is 32.4 Å². The number of nitrogens with one attached hydrogen (secondary N) is 1. The highest BCUT2D eigenvalue weighted by atomic mass is 79.9. The number of rotatable bonds is 3. The summed E-state index contributed by atoms with van der Waals surface area (Å²) in [6.45, 7) is 2.07. The molecule has 106 valence electrons. The van der Waals surface area contributed by atoms with Crippen molar-refractivity contribution in [2.24, 2.45) is 0 Å². The first-order chi connectivity index (χ1) is 10.1. The number of benzene rings is 3. The molecule has 0 aliphatic carbocycles. The quantitative estimate of drug-likeness (QED) is 0.622. The molecule has 21 heavy (non-hydrogen) atoms. The molecule has 0 saturated heterocycles. The molecule has 0 bridgehead atoms. The van der Waals surface area contributed by atoms with E-state index in [-0.39, 0.29) is 11.9 Å². The molecule has 3 aromatic carbocycles. The molecule has 0 aromatic heterocycles. The summed E-state index contributed by atoms with van der Waals surface area (Å²) >= 11 is 3.24. The van der Waals surface area contributed by atoms with Crippen molar-refractivity contribution in [1.82, 2.24) is 0 Å². The van der Waals surface area contributed by atoms with Crippen molar-refractivity contribution in [2.75, 3.05) is 5.32 Å². The predicted octanol–water partition coefficient (Wildman–Crippen LogP) is 5.91. The van der Waals surface area contributed by atoms with Crippen LogP contribution in [0.5, 0.6) is 0 Å². The van der Waals surface area contributed by atoms with E-state index in [2.05, 4.69) is 52.4 Å². The van der Waals surface area contributed by atoms with Crippen LogP contribution in [0.3, 0.4) is 0 Å². The van der Waals surface area contributed by atoms with Gasteiger partial charge in [-0.2, -0.15) is 0 Å². The molecule has 0 aliphatic rings. The lowest BCUT2D eigenvalue weighted by molar-refractivity contribution is 0.619. The third kappa shape index (κ3) is 2.93. The fourth-order valence-corrected chi connectivity index (χ4v) is 2.85. The fraction of sp³-hybridized carbons (Fsp3) is 0.111. The first kappa shape index (κ1) is 14.1. The minimum absolute atomic E-state index is 0.0905. The Labute approximate surface area is 131 Å². The molecule has 3 rings (SSSR count). The Kier molecular flexibility index (Phi) is 3.93. The molecular weight excluding hydrogens is 329 g/mol. The number of fused-ring (bicyclic) bond motifs is 1. The zero-order valence-corrected chi connectivity index (χ0v) is 13.2. The zero-order chi connectivity index (χ0) is 14.8. The van der Waals surface area contributed by atoms with Crippen molar-refractivity contribution in [1.29, 1.82) is 0 Å². The molecule has 1 atom stereocenters. The van der Waals surface area contributed by atoms with E-state index in [0.29, 0.717) is 4.47 Å². The predicted molar refractivity (Wildman–Crippen MR) is 90.1 cm³/mol. The highest BCUT2D eigenvalue weighted by molar-refractivity contribution is 9.10. The van der Waals surface area contributed by atoms with Crippen molar-refractivity contribution in [2.45, 2.75) is 13.0 Å². The van der Waals surface area contributed by atoms with Gasteiger partial charge in [-0.1, -0.05) is 42.5 Å². The second-order valence-corrected chi connectivity index (χ2v) is 5.92. The van der Waals surface area contributed by atoms with E-state index in [1.165, 1.54) is 16.8 Å². The molecule has 0 aliphatic heterocycles. The lowest BCUT2D eigenvalue weighted by atomic mass is 10.1. The van der Waals surface area contributed by atoms with Gasteiger partial charge in [0.1, 0.15) is 5.82 Å². The summed E-state index contributed by atoms with van der Waals surface area (Å²) < 4.78 is 13.8. The topological polar surface area (TPSA) is 12.0 Å². The standard InChI is InChI=1S/C18H15BrFN/c1-12(14-9-10-17(20)16(19)11-14)21-18-8-4-6-13-5-2-3-7-15(13)18/h2-12,21H,1H3. The number of halogens is 2. The van der Waals surface area contributed by atoms with Crippen molar-refractivity contribution in [3.63, 3.8) is 0 Å². The molecule has 0 spiro atoms. The van der Waals surface area contributed by atoms with Gasteiger partial charge in [0, 0.05) is 17.1 Å². The van der Waals surface area contributed by atoms with Crippen LogP contribution in [0.2, 0.25) is 0 Å². The largest absolute Gasteiger partial charge is 0.378 e. The van der Waals surface area contributed by atoms with Gasteiger partial charge in [-0.25, -0.2) is 4.39 Å². The summed E-state index contributed by atoms with van der Waals surface area (Å²) in [6, 6.07) is 19.7. The van der Waals surface area contributed by atoms with E-state index in [1.807, 2.05) is 30.3 Å². The molecular formula is C18H15BrFN. The van der Waals surface area contributed by atoms with Crippen LogP contribution in [0.15, 0.2) is 65.1 Å². The molecule has 0 radical (unpaired) electrons. The van der Waals surface area contributed by atoms with E-state index in [9.17, 15) is 4.39 Å². The molecule has 0 amide bonds. The molecule has 0 heterocycles. The SMILES string of the molecule is CC(Nc1cccc2ccccc12)c1ccc(F)c(Br)c1. The highest BCUT2D eigenvalue weighted by Gasteiger charge is 2.09. The van der Waals surface area contributed by atoms with Crippen LogP contribution in [0.1, 0.15) is 18.5 Å². The minimum atomic E-state index is -0.240. The first-order valence-corrected chi connectivity index (χ1v) is 7.64. The Hall–Kier alpha value is -1.87. The normalized spacial score (nSPS) is 12.3. The van der Waals surface area contributed by atoms with Crippen molar-refractivity contribution in [3.05, 3.63) is 76.5 Å². The van der Waals surface area contributed by atoms with E-state index < -0.39 is 0 Å². The van der Waals surface area contributed by atoms with Crippen LogP contribution in [0.25, 0.3) is 10.8 Å². The summed E-state index contributed by atoms with van der Waals surface area (Å²) in [7, 11) is 0. The fourth-order valence-electron chi connectivity index (χ4n) is 2.45. The van der Waals surface area contributed by atoms with Crippen LogP contribution in [0, 0.1) is 5.82 Å². The Morgan fingerprint density at radius 2 is 1.76 bits per heavy atom. The van der Waals surface area contributed by atoms with Gasteiger partial charge in [0.25, 0.3) is 0 Å². The highest BCUT2D eigenvalue weighted by Crippen LogP contribution is 2.28. The second kappa shape index (κ2) is 5.86. The van der Waals surface area contributed by atoms with Gasteiger partial charge < -0.3 is 5.32 Å². The minimum Gasteiger partial charge on any atom is -0.378 e. The Balaban J connectivity index is 1.92. The Bertz CT molecular complexity index is 780. The van der Waals surface area contributed by atoms with E-state index in [1.54, 1.807) is 0 Å². The molecule has 3 heteroatoms. The zero-order valence-electron chi connectivity index (χ0n) is 11.6. The van der Waals surface area contributed by atoms with Crippen molar-refractivity contribution in [3.8, 4) is 0 Å². The summed E-state index contributed by atoms with van der Waals surface area (Å²) in [4.78, 5) is 0. The number of anilines is 1. The summed E-state index contributed by atoms with van der Waals surface area (Å²) in [5.41, 5.74) is 2.12. The number of hydrogen-bond acceptors (Lipinski definition) is 1. The molecule has 0 fully saturated rings. The third-order valence-corrected chi connectivity index (χ3v) is 4.21. The second-order valence-electron chi connectivity index (χ2n) is 5.07. The van der Waals surface area contributed by atoms with Crippen LogP contribution in [0.4, 0.5) is 10.1 Å². The average Bonchev–Trinajstić information content (AvgIpc) is 2.50. The summed E-state index contributed by atoms with van der Waals surface area (Å²) in [5, 5.41) is 5.90. The lowest BCUT2D eigenvalue weighted by Crippen LogP contribution is -2.07. The lowest BCUT2D eigenvalue weighted by Gasteiger charge is -2.18. The van der Waals surface area contributed by atoms with E-state index in [4.69, 9.17) is 0 Å². The molecule has 1 nitrogen and oxygen atoms in total. The molecule has 1 unspecified atom stereocenters. The van der Waals surface area contributed by atoms with Gasteiger partial charge in [-0.3, -0.25) is 0 Å². The number of hydrogen-bond donors (Lipinski definition) is 1. The maximum absolute atomic E-state index is 13.3. The van der Waals surface area contributed by atoms with Gasteiger partial charge in [0.2, 0.25) is 0 Å². The van der Waals surface area contributed by atoms with Gasteiger partial charge in [0.15, 0.2) is 0 Å². The van der Waals surface area contributed by atoms with Crippen LogP contribution in [-0.2, 0) is 0 Å². The third-order valence-electron chi connectivity index (χ3n) is 3.61. The molecule has 3 aromatic rings. The summed E-state index contributed by atoms with van der Waals surface area (Å²) in [5.74, 6) is -0.240. The van der Waals surface area contributed by atoms with Gasteiger partial charge in [-0.15, -0.1) is 0 Å². The smallest absolute Gasteiger partial charge is 0.137 e. The van der Waals surface area contributed by atoms with Crippen LogP contribution < -0.4 is 5.32 Å². The van der Waals surface area contributed by atoms with Gasteiger partial charge in [-0.05, 0) is 52.0 Å². The molecule has 1 N–H and O–H groups in total. The Morgan fingerprint density at radius 3 is 2.57 bits per heavy atom. The van der Waals surface area contributed by atoms with E-state index >= 15 is 0 Å². The average molecular weight is 344 g/mol. The van der Waals surface area contributed by atoms with Crippen LogP contribution >= 0.6 is 15.9 Å². The Morgan fingerprint density at radius 1 is 1.00 bits per heavy atom. The van der Waals surface area contributed by atoms with Gasteiger partial charge >= 0.3 is 0 Å². The maximum Gasteiger partial charge on any atom is 0.137 e. The van der Waals surface area contributed by atoms with Crippen molar-refractivity contribution < 1.29 is 4.39 Å². The molecule has 0 saturated carbocycles. The first-order valence-electron chi connectivity index (χ1n) is 6.84. The monoisotopic (exact) mass is 343 g/mol. The van der Waals surface area contributed by atoms with E-state index in [0.717, 1.165) is 11.3 Å². The van der Waals surface area contributed by atoms with Crippen LogP contribution in [-0.4, -0.2) is 0 Å².